The molecule has 2 aromatic rings. The van der Waals surface area contributed by atoms with Crippen molar-refractivity contribution in [3.05, 3.63) is 51.7 Å². The molecule has 0 bridgehead atoms. The number of nitrogens with zero attached hydrogens (tertiary/aromatic N) is 1. The van der Waals surface area contributed by atoms with E-state index in [9.17, 15) is 22.8 Å². The highest BCUT2D eigenvalue weighted by molar-refractivity contribution is 7.89. The van der Waals surface area contributed by atoms with Crippen molar-refractivity contribution >= 4 is 50.7 Å². The molecular formula is C16H15ClN2O6S2. The highest BCUT2D eigenvalue weighted by Crippen LogP contribution is 2.17. The molecule has 1 aromatic carbocycles. The number of esters is 1. The number of thiophene rings is 1. The maximum atomic E-state index is 12.3. The van der Waals surface area contributed by atoms with Gasteiger partial charge in [-0.1, -0.05) is 17.7 Å². The van der Waals surface area contributed by atoms with Crippen LogP contribution in [0, 0.1) is 0 Å². The first-order valence-corrected chi connectivity index (χ1v) is 10.1. The van der Waals surface area contributed by atoms with Gasteiger partial charge in [0.1, 0.15) is 6.54 Å². The van der Waals surface area contributed by atoms with Gasteiger partial charge in [0.25, 0.3) is 11.8 Å². The number of hydrogen-bond acceptors (Lipinski definition) is 7. The number of amides is 2. The van der Waals surface area contributed by atoms with E-state index in [1.54, 1.807) is 11.4 Å². The van der Waals surface area contributed by atoms with Crippen molar-refractivity contribution in [3.63, 3.8) is 0 Å². The molecule has 0 saturated heterocycles. The average Bonchev–Trinajstić information content (AvgIpc) is 3.15. The summed E-state index contributed by atoms with van der Waals surface area (Å²) in [4.78, 5) is 35.4. The second kappa shape index (κ2) is 9.09. The zero-order valence-electron chi connectivity index (χ0n) is 14.0. The van der Waals surface area contributed by atoms with E-state index in [0.29, 0.717) is 9.90 Å². The number of carbonyl (C=O) groups is 3. The zero-order valence-corrected chi connectivity index (χ0v) is 16.4. The Morgan fingerprint density at radius 2 is 1.85 bits per heavy atom. The van der Waals surface area contributed by atoms with Gasteiger partial charge < -0.3 is 4.74 Å². The van der Waals surface area contributed by atoms with Gasteiger partial charge in [0.2, 0.25) is 10.0 Å². The summed E-state index contributed by atoms with van der Waals surface area (Å²) in [5.74, 6) is -2.35. The molecule has 0 fully saturated rings. The number of benzene rings is 1. The van der Waals surface area contributed by atoms with Gasteiger partial charge in [-0.25, -0.2) is 8.42 Å². The van der Waals surface area contributed by atoms with Crippen molar-refractivity contribution in [2.75, 3.05) is 20.2 Å². The third kappa shape index (κ3) is 5.86. The first kappa shape index (κ1) is 21.0. The summed E-state index contributed by atoms with van der Waals surface area (Å²) in [7, 11) is -2.72. The fourth-order valence-corrected chi connectivity index (χ4v) is 3.74. The van der Waals surface area contributed by atoms with E-state index in [4.69, 9.17) is 16.3 Å². The summed E-state index contributed by atoms with van der Waals surface area (Å²) < 4.78 is 30.2. The van der Waals surface area contributed by atoms with E-state index in [1.807, 2.05) is 0 Å². The molecule has 0 atom stereocenters. The van der Waals surface area contributed by atoms with Crippen molar-refractivity contribution in [2.24, 2.45) is 0 Å². The highest BCUT2D eigenvalue weighted by atomic mass is 35.5. The molecule has 0 saturated carbocycles. The zero-order chi connectivity index (χ0) is 20.0. The third-order valence-electron chi connectivity index (χ3n) is 3.24. The Hall–Kier alpha value is -2.27. The standard InChI is InChI=1S/C16H15ClN2O6S2/c1-19(27(23,24)12-6-4-11(17)5-7-12)9-15(21)25-10-14(20)18-16(22)13-3-2-8-26-13/h2-8H,9-10H2,1H3,(H,18,20,22). The normalized spacial score (nSPS) is 11.2. The van der Waals surface area contributed by atoms with Crippen LogP contribution in [0.2, 0.25) is 5.02 Å². The Kier molecular flexibility index (Phi) is 7.08. The molecule has 8 nitrogen and oxygen atoms in total. The summed E-state index contributed by atoms with van der Waals surface area (Å²) >= 11 is 6.88. The number of hydrogen-bond donors (Lipinski definition) is 1. The molecule has 0 aliphatic heterocycles. The highest BCUT2D eigenvalue weighted by Gasteiger charge is 2.24. The van der Waals surface area contributed by atoms with Crippen molar-refractivity contribution in [1.29, 1.82) is 0 Å². The van der Waals surface area contributed by atoms with Gasteiger partial charge >= 0.3 is 5.97 Å². The quantitative estimate of drug-likeness (QED) is 0.667. The van der Waals surface area contributed by atoms with Crippen LogP contribution in [0.15, 0.2) is 46.7 Å². The monoisotopic (exact) mass is 430 g/mol. The van der Waals surface area contributed by atoms with Gasteiger partial charge in [-0.2, -0.15) is 4.31 Å². The minimum absolute atomic E-state index is 0.0403. The fraction of sp³-hybridized carbons (Fsp3) is 0.188. The molecule has 144 valence electrons. The molecular weight excluding hydrogens is 416 g/mol. The van der Waals surface area contributed by atoms with E-state index in [1.165, 1.54) is 37.4 Å². The predicted octanol–water partition coefficient (Wildman–Crippen LogP) is 1.52. The average molecular weight is 431 g/mol. The minimum Gasteiger partial charge on any atom is -0.455 e. The maximum absolute atomic E-state index is 12.3. The van der Waals surface area contributed by atoms with Gasteiger partial charge in [-0.3, -0.25) is 19.7 Å². The number of likely N-dealkylation sites (N-methyl/N-ethyl adjacent to an activating group) is 1. The number of imide groups is 1. The molecule has 11 heteroatoms. The molecule has 2 amide bonds. The lowest BCUT2D eigenvalue weighted by molar-refractivity contribution is -0.148. The van der Waals surface area contributed by atoms with E-state index in [2.05, 4.69) is 5.32 Å². The van der Waals surface area contributed by atoms with Crippen molar-refractivity contribution in [2.45, 2.75) is 4.90 Å². The SMILES string of the molecule is CN(CC(=O)OCC(=O)NC(=O)c1cccs1)S(=O)(=O)c1ccc(Cl)cc1. The van der Waals surface area contributed by atoms with Crippen LogP contribution < -0.4 is 5.32 Å². The first-order valence-electron chi connectivity index (χ1n) is 7.45. The van der Waals surface area contributed by atoms with Gasteiger partial charge in [0.15, 0.2) is 6.61 Å². The second-order valence-electron chi connectivity index (χ2n) is 5.23. The number of ether oxygens (including phenoxy) is 1. The molecule has 1 aromatic heterocycles. The Morgan fingerprint density at radius 1 is 1.19 bits per heavy atom. The smallest absolute Gasteiger partial charge is 0.321 e. The molecule has 27 heavy (non-hydrogen) atoms. The molecule has 0 spiro atoms. The largest absolute Gasteiger partial charge is 0.455 e. The van der Waals surface area contributed by atoms with Crippen molar-refractivity contribution in [1.82, 2.24) is 9.62 Å². The van der Waals surface area contributed by atoms with Crippen LogP contribution in [0.3, 0.4) is 0 Å². The van der Waals surface area contributed by atoms with Gasteiger partial charge in [0.05, 0.1) is 9.77 Å². The number of sulfonamides is 1. The number of rotatable bonds is 7. The number of nitrogens with one attached hydrogen (secondary N) is 1. The molecule has 2 rings (SSSR count). The molecule has 1 heterocycles. The third-order valence-corrected chi connectivity index (χ3v) is 6.17. The molecule has 0 aliphatic rings. The molecule has 0 radical (unpaired) electrons. The van der Waals surface area contributed by atoms with Crippen molar-refractivity contribution < 1.29 is 27.5 Å². The van der Waals surface area contributed by atoms with Crippen LogP contribution in [-0.4, -0.2) is 50.7 Å². The Morgan fingerprint density at radius 3 is 2.44 bits per heavy atom. The first-order chi connectivity index (χ1) is 12.7. The Bertz CT molecular complexity index is 926. The molecule has 1 N–H and O–H groups in total. The van der Waals surface area contributed by atoms with Gasteiger partial charge in [-0.15, -0.1) is 11.3 Å². The van der Waals surface area contributed by atoms with E-state index in [0.717, 1.165) is 15.6 Å². The topological polar surface area (TPSA) is 110 Å². The van der Waals surface area contributed by atoms with Crippen LogP contribution in [0.1, 0.15) is 9.67 Å². The molecule has 0 unspecified atom stereocenters. The van der Waals surface area contributed by atoms with Crippen LogP contribution in [0.4, 0.5) is 0 Å². The number of halogens is 1. The van der Waals surface area contributed by atoms with Gasteiger partial charge in [-0.05, 0) is 35.7 Å². The number of carbonyl (C=O) groups excluding carboxylic acids is 3. The Labute approximate surface area is 164 Å². The summed E-state index contributed by atoms with van der Waals surface area (Å²) in [5, 5.41) is 4.11. The van der Waals surface area contributed by atoms with E-state index >= 15 is 0 Å². The summed E-state index contributed by atoms with van der Waals surface area (Å²) in [6.45, 7) is -1.30. The maximum Gasteiger partial charge on any atom is 0.321 e. The van der Waals surface area contributed by atoms with Gasteiger partial charge in [0, 0.05) is 12.1 Å². The summed E-state index contributed by atoms with van der Waals surface area (Å²) in [5.41, 5.74) is 0. The van der Waals surface area contributed by atoms with Crippen molar-refractivity contribution in [3.8, 4) is 0 Å². The van der Waals surface area contributed by atoms with Crippen LogP contribution in [-0.2, 0) is 24.3 Å². The minimum atomic E-state index is -3.92. The second-order valence-corrected chi connectivity index (χ2v) is 8.66. The lowest BCUT2D eigenvalue weighted by atomic mass is 10.4. The van der Waals surface area contributed by atoms with Crippen LogP contribution in [0.25, 0.3) is 0 Å². The predicted molar refractivity (Wildman–Crippen MR) is 99.0 cm³/mol. The lowest BCUT2D eigenvalue weighted by Gasteiger charge is -2.16. The summed E-state index contributed by atoms with van der Waals surface area (Å²) in [6.07, 6.45) is 0. The van der Waals surface area contributed by atoms with E-state index < -0.39 is 41.0 Å². The summed E-state index contributed by atoms with van der Waals surface area (Å²) in [6, 6.07) is 8.63. The van der Waals surface area contributed by atoms with Crippen LogP contribution in [0.5, 0.6) is 0 Å². The van der Waals surface area contributed by atoms with Crippen LogP contribution >= 0.6 is 22.9 Å². The fourth-order valence-electron chi connectivity index (χ4n) is 1.88. The Balaban J connectivity index is 1.84. The molecule has 0 aliphatic carbocycles. The lowest BCUT2D eigenvalue weighted by Crippen LogP contribution is -2.37. The van der Waals surface area contributed by atoms with E-state index in [-0.39, 0.29) is 4.90 Å².